The van der Waals surface area contributed by atoms with E-state index < -0.39 is 15.6 Å². The number of hydrogen-bond acceptors (Lipinski definition) is 4. The molecule has 0 bridgehead atoms. The third-order valence-electron chi connectivity index (χ3n) is 2.48. The molecule has 0 radical (unpaired) electrons. The average molecular weight is 303 g/mol. The molecule has 0 aromatic carbocycles. The summed E-state index contributed by atoms with van der Waals surface area (Å²) in [7, 11) is -3.83. The fraction of sp³-hybridized carbons (Fsp3) is 0.200. The van der Waals surface area contributed by atoms with Gasteiger partial charge in [0.15, 0.2) is 0 Å². The lowest BCUT2D eigenvalue weighted by molar-refractivity contribution is 0.600. The van der Waals surface area contributed by atoms with Crippen molar-refractivity contribution in [2.75, 3.05) is 4.72 Å². The molecule has 9 heteroatoms. The molecule has 0 saturated carbocycles. The maximum absolute atomic E-state index is 12.1. The van der Waals surface area contributed by atoms with Crippen LogP contribution < -0.4 is 10.3 Å². The molecule has 0 unspecified atom stereocenters. The average Bonchev–Trinajstić information content (AvgIpc) is 2.79. The van der Waals surface area contributed by atoms with Gasteiger partial charge in [-0.15, -0.1) is 0 Å². The highest BCUT2D eigenvalue weighted by atomic mass is 35.5. The number of nitrogens with zero attached hydrogens (tertiary/aromatic N) is 1. The zero-order valence-electron chi connectivity index (χ0n) is 9.90. The first-order chi connectivity index (χ1) is 8.94. The van der Waals surface area contributed by atoms with Gasteiger partial charge in [0.05, 0.1) is 6.20 Å². The highest BCUT2D eigenvalue weighted by Gasteiger charge is 2.18. The fourth-order valence-corrected chi connectivity index (χ4v) is 2.74. The van der Waals surface area contributed by atoms with Gasteiger partial charge in [-0.2, -0.15) is 5.10 Å². The lowest BCUT2D eigenvalue weighted by atomic mass is 10.3. The Balaban J connectivity index is 2.38. The van der Waals surface area contributed by atoms with Crippen molar-refractivity contribution in [3.8, 4) is 0 Å². The van der Waals surface area contributed by atoms with Crippen molar-refractivity contribution in [3.63, 3.8) is 0 Å². The predicted octanol–water partition coefficient (Wildman–Crippen LogP) is 1.11. The maximum atomic E-state index is 12.1. The van der Waals surface area contributed by atoms with Crippen LogP contribution in [0.15, 0.2) is 28.2 Å². The van der Waals surface area contributed by atoms with E-state index in [0.29, 0.717) is 12.2 Å². The van der Waals surface area contributed by atoms with Gasteiger partial charge in [-0.25, -0.2) is 8.42 Å². The molecule has 0 spiro atoms. The molecule has 0 fully saturated rings. The minimum atomic E-state index is -3.83. The van der Waals surface area contributed by atoms with Crippen LogP contribution in [0.1, 0.15) is 12.5 Å². The lowest BCUT2D eigenvalue weighted by Gasteiger charge is -2.07. The molecule has 0 aliphatic rings. The molecule has 102 valence electrons. The van der Waals surface area contributed by atoms with Gasteiger partial charge in [0, 0.05) is 11.8 Å². The van der Waals surface area contributed by atoms with Crippen LogP contribution in [0.25, 0.3) is 0 Å². The summed E-state index contributed by atoms with van der Waals surface area (Å²) in [6.45, 7) is 1.87. The Morgan fingerprint density at radius 3 is 2.84 bits per heavy atom. The molecular weight excluding hydrogens is 292 g/mol. The minimum absolute atomic E-state index is 0.131. The molecule has 2 heterocycles. The van der Waals surface area contributed by atoms with Gasteiger partial charge in [0.2, 0.25) is 0 Å². The van der Waals surface area contributed by atoms with Crippen LogP contribution in [0.3, 0.4) is 0 Å². The van der Waals surface area contributed by atoms with Crippen LogP contribution in [0.2, 0.25) is 5.02 Å². The zero-order chi connectivity index (χ0) is 14.0. The number of H-pyrrole nitrogens is 2. The molecule has 2 aromatic rings. The fourth-order valence-electron chi connectivity index (χ4n) is 1.45. The van der Waals surface area contributed by atoms with Crippen LogP contribution in [-0.2, 0) is 16.4 Å². The first kappa shape index (κ1) is 13.6. The second kappa shape index (κ2) is 5.06. The molecule has 0 aliphatic heterocycles. The number of halogens is 1. The summed E-state index contributed by atoms with van der Waals surface area (Å²) in [5.74, 6) is 0.296. The topological polar surface area (TPSA) is 108 Å². The molecule has 2 rings (SSSR count). The number of sulfonamides is 1. The van der Waals surface area contributed by atoms with Crippen LogP contribution >= 0.6 is 11.6 Å². The summed E-state index contributed by atoms with van der Waals surface area (Å²) in [6, 6.07) is 1.09. The minimum Gasteiger partial charge on any atom is -0.326 e. The van der Waals surface area contributed by atoms with Crippen LogP contribution in [-0.4, -0.2) is 23.6 Å². The molecule has 0 atom stereocenters. The number of aromatic nitrogens is 3. The second-order valence-electron chi connectivity index (χ2n) is 3.74. The number of pyridine rings is 1. The Morgan fingerprint density at radius 2 is 2.21 bits per heavy atom. The highest BCUT2D eigenvalue weighted by Crippen LogP contribution is 2.18. The maximum Gasteiger partial charge on any atom is 0.266 e. The first-order valence-electron chi connectivity index (χ1n) is 5.37. The van der Waals surface area contributed by atoms with E-state index in [4.69, 9.17) is 11.6 Å². The summed E-state index contributed by atoms with van der Waals surface area (Å²) in [5.41, 5.74) is 0.190. The Hall–Kier alpha value is -1.80. The van der Waals surface area contributed by atoms with E-state index in [2.05, 4.69) is 19.9 Å². The standard InChI is InChI=1S/C10H11ClN4O3S/c1-2-6-4-13-14-9(6)15-19(17,18)7-3-8(11)10(16)12-5-7/h3-5H,2H2,1H3,(H,12,16)(H2,13,14,15). The molecule has 7 nitrogen and oxygen atoms in total. The molecule has 2 aromatic heterocycles. The van der Waals surface area contributed by atoms with Crippen molar-refractivity contribution in [1.82, 2.24) is 15.2 Å². The molecule has 0 saturated heterocycles. The summed E-state index contributed by atoms with van der Waals surface area (Å²) in [6.07, 6.45) is 3.25. The van der Waals surface area contributed by atoms with Gasteiger partial charge in [-0.1, -0.05) is 18.5 Å². The van der Waals surface area contributed by atoms with E-state index in [0.717, 1.165) is 17.8 Å². The van der Waals surface area contributed by atoms with E-state index in [1.807, 2.05) is 6.92 Å². The second-order valence-corrected chi connectivity index (χ2v) is 5.83. The number of nitrogens with one attached hydrogen (secondary N) is 3. The normalized spacial score (nSPS) is 11.5. The number of anilines is 1. The van der Waals surface area contributed by atoms with Gasteiger partial charge in [0.25, 0.3) is 15.6 Å². The monoisotopic (exact) mass is 302 g/mol. The van der Waals surface area contributed by atoms with Gasteiger partial charge in [0.1, 0.15) is 15.7 Å². The smallest absolute Gasteiger partial charge is 0.266 e. The van der Waals surface area contributed by atoms with Crippen molar-refractivity contribution in [1.29, 1.82) is 0 Å². The summed E-state index contributed by atoms with van der Waals surface area (Å²) in [4.78, 5) is 13.2. The third kappa shape index (κ3) is 2.79. The predicted molar refractivity (Wildman–Crippen MR) is 70.8 cm³/mol. The van der Waals surface area contributed by atoms with Gasteiger partial charge < -0.3 is 4.98 Å². The Bertz CT molecular complexity index is 750. The van der Waals surface area contributed by atoms with E-state index >= 15 is 0 Å². The quantitative estimate of drug-likeness (QED) is 0.786. The van der Waals surface area contributed by atoms with Crippen molar-refractivity contribution in [2.45, 2.75) is 18.2 Å². The summed E-state index contributed by atoms with van der Waals surface area (Å²) >= 11 is 5.60. The zero-order valence-corrected chi connectivity index (χ0v) is 11.5. The molecule has 0 amide bonds. The number of aryl methyl sites for hydroxylation is 1. The summed E-state index contributed by atoms with van der Waals surface area (Å²) in [5, 5.41) is 6.14. The Labute approximate surface area is 114 Å². The number of rotatable bonds is 4. The van der Waals surface area contributed by atoms with E-state index in [1.54, 1.807) is 0 Å². The van der Waals surface area contributed by atoms with E-state index in [9.17, 15) is 13.2 Å². The Kier molecular flexibility index (Phi) is 3.63. The van der Waals surface area contributed by atoms with Crippen molar-refractivity contribution >= 4 is 27.4 Å². The van der Waals surface area contributed by atoms with Gasteiger partial charge in [-0.05, 0) is 12.5 Å². The van der Waals surface area contributed by atoms with Crippen molar-refractivity contribution in [2.24, 2.45) is 0 Å². The Morgan fingerprint density at radius 1 is 1.47 bits per heavy atom. The van der Waals surface area contributed by atoms with Crippen LogP contribution in [0, 0.1) is 0 Å². The molecule has 3 N–H and O–H groups in total. The third-order valence-corrected chi connectivity index (χ3v) is 4.09. The van der Waals surface area contributed by atoms with Crippen LogP contribution in [0.5, 0.6) is 0 Å². The van der Waals surface area contributed by atoms with Gasteiger partial charge in [-0.3, -0.25) is 14.6 Å². The summed E-state index contributed by atoms with van der Waals surface area (Å²) < 4.78 is 26.5. The van der Waals surface area contributed by atoms with E-state index in [1.165, 1.54) is 6.20 Å². The lowest BCUT2D eigenvalue weighted by Crippen LogP contribution is -2.17. The molecule has 0 aliphatic carbocycles. The van der Waals surface area contributed by atoms with Crippen molar-refractivity contribution in [3.05, 3.63) is 39.4 Å². The SMILES string of the molecule is CCc1cn[nH]c1NS(=O)(=O)c1c[nH]c(=O)c(Cl)c1. The molecular formula is C10H11ClN4O3S. The van der Waals surface area contributed by atoms with Crippen LogP contribution in [0.4, 0.5) is 5.82 Å². The van der Waals surface area contributed by atoms with Gasteiger partial charge >= 0.3 is 0 Å². The van der Waals surface area contributed by atoms with E-state index in [-0.39, 0.29) is 9.92 Å². The largest absolute Gasteiger partial charge is 0.326 e. The number of aromatic amines is 2. The highest BCUT2D eigenvalue weighted by molar-refractivity contribution is 7.92. The van der Waals surface area contributed by atoms with Crippen molar-refractivity contribution < 1.29 is 8.42 Å². The number of hydrogen-bond donors (Lipinski definition) is 3. The molecule has 19 heavy (non-hydrogen) atoms. The first-order valence-corrected chi connectivity index (χ1v) is 7.23.